The lowest BCUT2D eigenvalue weighted by Crippen LogP contribution is -2.45. The van der Waals surface area contributed by atoms with E-state index in [-0.39, 0.29) is 11.4 Å². The first kappa shape index (κ1) is 16.2. The summed E-state index contributed by atoms with van der Waals surface area (Å²) in [5.41, 5.74) is 1.61. The molecular formula is C17H19BrFN3O. The topological polar surface area (TPSA) is 28.5 Å². The van der Waals surface area contributed by atoms with Gasteiger partial charge in [0.1, 0.15) is 10.3 Å². The molecule has 0 aliphatic carbocycles. The molecule has 0 amide bonds. The average Bonchev–Trinajstić information content (AvgIpc) is 2.53. The fraction of sp³-hybridized carbons (Fsp3) is 0.353. The summed E-state index contributed by atoms with van der Waals surface area (Å²) < 4.78 is 15.4. The molecule has 1 aromatic heterocycles. The number of aromatic nitrogens is 1. The molecule has 6 heteroatoms. The number of benzene rings is 1. The van der Waals surface area contributed by atoms with Crippen LogP contribution in [0.3, 0.4) is 0 Å². The molecule has 0 N–H and O–H groups in total. The number of pyridine rings is 1. The van der Waals surface area contributed by atoms with E-state index in [4.69, 9.17) is 0 Å². The van der Waals surface area contributed by atoms with Crippen molar-refractivity contribution in [3.63, 3.8) is 0 Å². The zero-order valence-electron chi connectivity index (χ0n) is 13.0. The van der Waals surface area contributed by atoms with Crippen molar-refractivity contribution in [2.75, 3.05) is 38.1 Å². The van der Waals surface area contributed by atoms with Gasteiger partial charge in [-0.1, -0.05) is 12.1 Å². The zero-order chi connectivity index (χ0) is 16.4. The number of rotatable bonds is 3. The highest BCUT2D eigenvalue weighted by Gasteiger charge is 2.18. The molecule has 122 valence electrons. The van der Waals surface area contributed by atoms with Crippen LogP contribution in [0, 0.1) is 5.82 Å². The lowest BCUT2D eigenvalue weighted by Gasteiger charge is -2.34. The van der Waals surface area contributed by atoms with Crippen molar-refractivity contribution in [1.82, 2.24) is 9.47 Å². The predicted octanol–water partition coefficient (Wildman–Crippen LogP) is 2.55. The second kappa shape index (κ2) is 6.84. The van der Waals surface area contributed by atoms with Crippen LogP contribution in [0.4, 0.5) is 10.1 Å². The third-order valence-corrected chi connectivity index (χ3v) is 4.92. The molecule has 0 radical (unpaired) electrons. The third-order valence-electron chi connectivity index (χ3n) is 4.17. The van der Waals surface area contributed by atoms with Crippen molar-refractivity contribution >= 4 is 21.6 Å². The van der Waals surface area contributed by atoms with E-state index in [0.717, 1.165) is 37.4 Å². The van der Waals surface area contributed by atoms with Gasteiger partial charge in [-0.15, -0.1) is 0 Å². The minimum atomic E-state index is -0.288. The monoisotopic (exact) mass is 379 g/mol. The van der Waals surface area contributed by atoms with Crippen molar-refractivity contribution in [3.8, 4) is 0 Å². The Kier molecular flexibility index (Phi) is 4.82. The number of piperazine rings is 1. The summed E-state index contributed by atoms with van der Waals surface area (Å²) in [5.74, 6) is -0.288. The molecular weight excluding hydrogens is 361 g/mol. The number of hydrogen-bond donors (Lipinski definition) is 0. The summed E-state index contributed by atoms with van der Waals surface area (Å²) in [4.78, 5) is 17.1. The Labute approximate surface area is 143 Å². The van der Waals surface area contributed by atoms with Crippen LogP contribution in [0.15, 0.2) is 45.8 Å². The molecule has 1 aromatic carbocycles. The molecule has 0 unspecified atom stereocenters. The number of anilines is 1. The summed E-state index contributed by atoms with van der Waals surface area (Å²) in [6.07, 6.45) is 1.78. The molecule has 0 atom stereocenters. The highest BCUT2D eigenvalue weighted by Crippen LogP contribution is 2.23. The van der Waals surface area contributed by atoms with E-state index in [1.807, 2.05) is 12.1 Å². The minimum absolute atomic E-state index is 0.0920. The summed E-state index contributed by atoms with van der Waals surface area (Å²) in [5, 5.41) is 0. The summed E-state index contributed by atoms with van der Waals surface area (Å²) >= 11 is 3.45. The molecule has 2 heterocycles. The van der Waals surface area contributed by atoms with Crippen LogP contribution < -0.4 is 10.5 Å². The molecule has 1 aliphatic rings. The van der Waals surface area contributed by atoms with Crippen LogP contribution in [0.5, 0.6) is 0 Å². The van der Waals surface area contributed by atoms with E-state index >= 15 is 0 Å². The smallest absolute Gasteiger partial charge is 0.267 e. The first-order valence-electron chi connectivity index (χ1n) is 7.61. The van der Waals surface area contributed by atoms with E-state index in [1.165, 1.54) is 12.1 Å². The quantitative estimate of drug-likeness (QED) is 0.820. The summed E-state index contributed by atoms with van der Waals surface area (Å²) in [7, 11) is 2.10. The van der Waals surface area contributed by atoms with Gasteiger partial charge in [-0.2, -0.15) is 0 Å². The molecule has 4 nitrogen and oxygen atoms in total. The summed E-state index contributed by atoms with van der Waals surface area (Å²) in [6.45, 7) is 4.14. The number of halogens is 2. The van der Waals surface area contributed by atoms with E-state index in [9.17, 15) is 9.18 Å². The van der Waals surface area contributed by atoms with Crippen molar-refractivity contribution in [2.45, 2.75) is 6.54 Å². The highest BCUT2D eigenvalue weighted by molar-refractivity contribution is 9.10. The van der Waals surface area contributed by atoms with Gasteiger partial charge in [0.2, 0.25) is 0 Å². The molecule has 2 aromatic rings. The molecule has 0 spiro atoms. The first-order valence-corrected chi connectivity index (χ1v) is 8.41. The van der Waals surface area contributed by atoms with Gasteiger partial charge < -0.3 is 14.4 Å². The van der Waals surface area contributed by atoms with Crippen LogP contribution in [-0.4, -0.2) is 42.7 Å². The van der Waals surface area contributed by atoms with Crippen molar-refractivity contribution in [3.05, 3.63) is 62.7 Å². The maximum absolute atomic E-state index is 13.3. The normalized spacial score (nSPS) is 15.9. The Morgan fingerprint density at radius 1 is 1.17 bits per heavy atom. The Bertz CT molecular complexity index is 754. The Morgan fingerprint density at radius 2 is 1.91 bits per heavy atom. The minimum Gasteiger partial charge on any atom is -0.368 e. The molecule has 1 aliphatic heterocycles. The van der Waals surface area contributed by atoms with Gasteiger partial charge in [0, 0.05) is 32.4 Å². The van der Waals surface area contributed by atoms with Crippen LogP contribution >= 0.6 is 15.9 Å². The number of nitrogens with zero attached hydrogens (tertiary/aromatic N) is 3. The fourth-order valence-corrected chi connectivity index (χ4v) is 3.40. The van der Waals surface area contributed by atoms with Gasteiger partial charge in [-0.3, -0.25) is 4.79 Å². The molecule has 0 saturated carbocycles. The van der Waals surface area contributed by atoms with Crippen molar-refractivity contribution in [2.24, 2.45) is 0 Å². The number of likely N-dealkylation sites (N-methyl/N-ethyl adjacent to an activating group) is 1. The van der Waals surface area contributed by atoms with E-state index in [2.05, 4.69) is 32.8 Å². The van der Waals surface area contributed by atoms with E-state index in [0.29, 0.717) is 11.0 Å². The Hall–Kier alpha value is -1.66. The highest BCUT2D eigenvalue weighted by atomic mass is 79.9. The van der Waals surface area contributed by atoms with Gasteiger partial charge in [-0.05, 0) is 46.7 Å². The Morgan fingerprint density at radius 3 is 2.61 bits per heavy atom. The van der Waals surface area contributed by atoms with Gasteiger partial charge in [0.15, 0.2) is 0 Å². The lowest BCUT2D eigenvalue weighted by molar-refractivity contribution is 0.312. The first-order chi connectivity index (χ1) is 11.0. The number of hydrogen-bond acceptors (Lipinski definition) is 3. The zero-order valence-corrected chi connectivity index (χ0v) is 14.6. The molecule has 0 bridgehead atoms. The van der Waals surface area contributed by atoms with E-state index < -0.39 is 0 Å². The Balaban J connectivity index is 1.84. The SMILES string of the molecule is CN1CCN(c2ccn(Cc3cccc(F)c3)c(=O)c2Br)CC1. The van der Waals surface area contributed by atoms with Crippen LogP contribution in [-0.2, 0) is 6.54 Å². The van der Waals surface area contributed by atoms with Crippen molar-refractivity contribution in [1.29, 1.82) is 0 Å². The van der Waals surface area contributed by atoms with Crippen LogP contribution in [0.1, 0.15) is 5.56 Å². The lowest BCUT2D eigenvalue weighted by atomic mass is 10.2. The average molecular weight is 380 g/mol. The van der Waals surface area contributed by atoms with Crippen LogP contribution in [0.25, 0.3) is 0 Å². The van der Waals surface area contributed by atoms with Crippen molar-refractivity contribution < 1.29 is 4.39 Å². The maximum Gasteiger partial charge on any atom is 0.267 e. The molecule has 23 heavy (non-hydrogen) atoms. The third kappa shape index (κ3) is 3.64. The van der Waals surface area contributed by atoms with Gasteiger partial charge in [0.05, 0.1) is 12.2 Å². The molecule has 1 fully saturated rings. The summed E-state index contributed by atoms with van der Waals surface area (Å²) in [6, 6.07) is 8.28. The standard InChI is InChI=1S/C17H19BrFN3O/c1-20-7-9-21(10-8-20)15-5-6-22(17(23)16(15)18)12-13-3-2-4-14(19)11-13/h2-6,11H,7-10,12H2,1H3. The molecule has 1 saturated heterocycles. The largest absolute Gasteiger partial charge is 0.368 e. The molecule has 3 rings (SSSR count). The van der Waals surface area contributed by atoms with Gasteiger partial charge in [0.25, 0.3) is 5.56 Å². The predicted molar refractivity (Wildman–Crippen MR) is 93.6 cm³/mol. The van der Waals surface area contributed by atoms with Gasteiger partial charge >= 0.3 is 0 Å². The fourth-order valence-electron chi connectivity index (χ4n) is 2.79. The van der Waals surface area contributed by atoms with Gasteiger partial charge in [-0.25, -0.2) is 4.39 Å². The second-order valence-electron chi connectivity index (χ2n) is 5.87. The van der Waals surface area contributed by atoms with E-state index in [1.54, 1.807) is 16.8 Å². The maximum atomic E-state index is 13.3. The van der Waals surface area contributed by atoms with Crippen LogP contribution in [0.2, 0.25) is 0 Å². The second-order valence-corrected chi connectivity index (χ2v) is 6.66.